The van der Waals surface area contributed by atoms with E-state index in [4.69, 9.17) is 0 Å². The lowest BCUT2D eigenvalue weighted by Gasteiger charge is -2.34. The van der Waals surface area contributed by atoms with Crippen LogP contribution in [0.5, 0.6) is 0 Å². The van der Waals surface area contributed by atoms with Crippen molar-refractivity contribution < 1.29 is 0 Å². The highest BCUT2D eigenvalue weighted by molar-refractivity contribution is 6.73. The zero-order valence-electron chi connectivity index (χ0n) is 10.6. The highest BCUT2D eigenvalue weighted by Crippen LogP contribution is 2.15. The van der Waals surface area contributed by atoms with Crippen LogP contribution < -0.4 is 4.98 Å². The summed E-state index contributed by atoms with van der Waals surface area (Å²) in [6.45, 7) is 11.6. The van der Waals surface area contributed by atoms with Crippen molar-refractivity contribution in [3.8, 4) is 0 Å². The molecule has 0 saturated heterocycles. The van der Waals surface area contributed by atoms with Crippen molar-refractivity contribution in [1.29, 1.82) is 0 Å². The second-order valence-corrected chi connectivity index (χ2v) is 10.7. The Labute approximate surface area is 95.0 Å². The Bertz CT molecular complexity index is 298. The van der Waals surface area contributed by atoms with E-state index in [0.717, 1.165) is 6.42 Å². The molecule has 1 aromatic carbocycles. The summed E-state index contributed by atoms with van der Waals surface area (Å²) < 4.78 is 0. The summed E-state index contributed by atoms with van der Waals surface area (Å²) in [7, 11) is -1.20. The zero-order valence-corrected chi connectivity index (χ0v) is 11.6. The van der Waals surface area contributed by atoms with Crippen molar-refractivity contribution >= 4 is 8.24 Å². The van der Waals surface area contributed by atoms with E-state index in [0.29, 0.717) is 0 Å². The summed E-state index contributed by atoms with van der Waals surface area (Å²) >= 11 is 0. The van der Waals surface area contributed by atoms with Gasteiger partial charge >= 0.3 is 0 Å². The lowest BCUT2D eigenvalue weighted by atomic mass is 9.96. The molecule has 84 valence electrons. The second-order valence-electron chi connectivity index (χ2n) is 5.92. The van der Waals surface area contributed by atoms with Crippen molar-refractivity contribution in [2.75, 3.05) is 0 Å². The van der Waals surface area contributed by atoms with Gasteiger partial charge in [-0.3, -0.25) is 0 Å². The topological polar surface area (TPSA) is 12.0 Å². The highest BCUT2D eigenvalue weighted by Gasteiger charge is 2.25. The molecular weight excluding hydrogens is 198 g/mol. The third kappa shape index (κ3) is 5.14. The van der Waals surface area contributed by atoms with Crippen LogP contribution in [-0.2, 0) is 6.42 Å². The molecule has 0 unspecified atom stereocenters. The average Bonchev–Trinajstić information content (AvgIpc) is 1.99. The van der Waals surface area contributed by atoms with E-state index in [1.54, 1.807) is 0 Å². The van der Waals surface area contributed by atoms with Gasteiger partial charge in [-0.25, -0.2) is 0 Å². The molecular formula is C13H23NSi. The minimum atomic E-state index is -1.20. The molecule has 0 atom stereocenters. The molecule has 0 aliphatic heterocycles. The Balaban J connectivity index is 2.65. The molecule has 0 saturated carbocycles. The highest BCUT2D eigenvalue weighted by atomic mass is 28.3. The normalized spacial score (nSPS) is 12.9. The SMILES string of the molecule is CC(C)(Cc1ccccc1)N[Si](C)(C)C. The van der Waals surface area contributed by atoms with Crippen molar-refractivity contribution in [2.45, 2.75) is 45.4 Å². The van der Waals surface area contributed by atoms with Crippen molar-refractivity contribution in [2.24, 2.45) is 0 Å². The number of hydrogen-bond donors (Lipinski definition) is 1. The summed E-state index contributed by atoms with van der Waals surface area (Å²) in [5, 5.41) is 0. The van der Waals surface area contributed by atoms with E-state index in [1.165, 1.54) is 5.56 Å². The molecule has 0 aliphatic rings. The van der Waals surface area contributed by atoms with E-state index in [-0.39, 0.29) is 5.54 Å². The maximum absolute atomic E-state index is 3.78. The van der Waals surface area contributed by atoms with Crippen molar-refractivity contribution in [3.63, 3.8) is 0 Å². The number of rotatable bonds is 4. The van der Waals surface area contributed by atoms with Gasteiger partial charge in [0.25, 0.3) is 0 Å². The first kappa shape index (κ1) is 12.5. The van der Waals surface area contributed by atoms with Gasteiger partial charge in [-0.05, 0) is 25.8 Å². The molecule has 0 radical (unpaired) electrons. The molecule has 2 heteroatoms. The molecule has 15 heavy (non-hydrogen) atoms. The van der Waals surface area contributed by atoms with Crippen LogP contribution in [0, 0.1) is 0 Å². The Kier molecular flexibility index (Phi) is 3.74. The second kappa shape index (κ2) is 4.50. The predicted molar refractivity (Wildman–Crippen MR) is 70.7 cm³/mol. The monoisotopic (exact) mass is 221 g/mol. The van der Waals surface area contributed by atoms with Crippen LogP contribution in [0.1, 0.15) is 19.4 Å². The molecule has 0 fully saturated rings. The molecule has 1 rings (SSSR count). The van der Waals surface area contributed by atoms with E-state index >= 15 is 0 Å². The fraction of sp³-hybridized carbons (Fsp3) is 0.538. The predicted octanol–water partition coefficient (Wildman–Crippen LogP) is 3.43. The summed E-state index contributed by atoms with van der Waals surface area (Å²) in [6, 6.07) is 10.7. The van der Waals surface area contributed by atoms with Gasteiger partial charge in [0, 0.05) is 5.54 Å². The Morgan fingerprint density at radius 1 is 1.07 bits per heavy atom. The maximum Gasteiger partial charge on any atom is 0.116 e. The fourth-order valence-corrected chi connectivity index (χ4v) is 4.28. The minimum Gasteiger partial charge on any atom is -0.332 e. The number of hydrogen-bond acceptors (Lipinski definition) is 1. The number of nitrogens with one attached hydrogen (secondary N) is 1. The molecule has 0 amide bonds. The molecule has 0 spiro atoms. The minimum absolute atomic E-state index is 0.200. The Hall–Kier alpha value is -0.603. The molecule has 0 heterocycles. The number of benzene rings is 1. The molecule has 0 aliphatic carbocycles. The molecule has 1 nitrogen and oxygen atoms in total. The van der Waals surface area contributed by atoms with Gasteiger partial charge in [-0.2, -0.15) is 0 Å². The third-order valence-electron chi connectivity index (χ3n) is 2.20. The lowest BCUT2D eigenvalue weighted by Crippen LogP contribution is -2.54. The van der Waals surface area contributed by atoms with Crippen LogP contribution in [0.15, 0.2) is 30.3 Å². The summed E-state index contributed by atoms with van der Waals surface area (Å²) in [4.78, 5) is 3.78. The van der Waals surface area contributed by atoms with Crippen LogP contribution in [0.2, 0.25) is 19.6 Å². The van der Waals surface area contributed by atoms with E-state index in [2.05, 4.69) is 68.8 Å². The Morgan fingerprint density at radius 2 is 1.60 bits per heavy atom. The van der Waals surface area contributed by atoms with Gasteiger partial charge in [0.2, 0.25) is 0 Å². The molecule has 0 bridgehead atoms. The van der Waals surface area contributed by atoms with Gasteiger partial charge in [0.1, 0.15) is 8.24 Å². The van der Waals surface area contributed by atoms with E-state index < -0.39 is 8.24 Å². The first-order valence-corrected chi connectivity index (χ1v) is 9.12. The van der Waals surface area contributed by atoms with E-state index in [9.17, 15) is 0 Å². The van der Waals surface area contributed by atoms with Gasteiger partial charge in [-0.15, -0.1) is 0 Å². The third-order valence-corrected chi connectivity index (χ3v) is 3.63. The lowest BCUT2D eigenvalue weighted by molar-refractivity contribution is 0.460. The average molecular weight is 221 g/mol. The largest absolute Gasteiger partial charge is 0.332 e. The first-order valence-electron chi connectivity index (χ1n) is 5.62. The molecule has 0 aromatic heterocycles. The van der Waals surface area contributed by atoms with Gasteiger partial charge < -0.3 is 4.98 Å². The molecule has 1 N–H and O–H groups in total. The molecule has 1 aromatic rings. The summed E-state index contributed by atoms with van der Waals surface area (Å²) in [5.74, 6) is 0. The van der Waals surface area contributed by atoms with Crippen molar-refractivity contribution in [3.05, 3.63) is 35.9 Å². The quantitative estimate of drug-likeness (QED) is 0.768. The Morgan fingerprint density at radius 3 is 2.07 bits per heavy atom. The smallest absolute Gasteiger partial charge is 0.116 e. The maximum atomic E-state index is 3.78. The van der Waals surface area contributed by atoms with E-state index in [1.807, 2.05) is 0 Å². The standard InChI is InChI=1S/C13H23NSi/c1-13(2,14-15(3,4)5)11-12-9-7-6-8-10-12/h6-10,14H,11H2,1-5H3. The van der Waals surface area contributed by atoms with Crippen LogP contribution in [0.3, 0.4) is 0 Å². The van der Waals surface area contributed by atoms with Gasteiger partial charge in [-0.1, -0.05) is 50.0 Å². The van der Waals surface area contributed by atoms with Crippen LogP contribution in [0.25, 0.3) is 0 Å². The fourth-order valence-electron chi connectivity index (χ4n) is 2.17. The first-order chi connectivity index (χ1) is 6.79. The van der Waals surface area contributed by atoms with Crippen LogP contribution in [-0.4, -0.2) is 13.8 Å². The van der Waals surface area contributed by atoms with Crippen LogP contribution in [0.4, 0.5) is 0 Å². The van der Waals surface area contributed by atoms with Gasteiger partial charge in [0.15, 0.2) is 0 Å². The summed E-state index contributed by atoms with van der Waals surface area (Å²) in [5.41, 5.74) is 1.61. The van der Waals surface area contributed by atoms with Gasteiger partial charge in [0.05, 0.1) is 0 Å². The summed E-state index contributed by atoms with van der Waals surface area (Å²) in [6.07, 6.45) is 1.10. The van der Waals surface area contributed by atoms with Crippen molar-refractivity contribution in [1.82, 2.24) is 4.98 Å². The van der Waals surface area contributed by atoms with Crippen LogP contribution >= 0.6 is 0 Å². The zero-order chi connectivity index (χ0) is 11.5.